The highest BCUT2D eigenvalue weighted by atomic mass is 16.5. The summed E-state index contributed by atoms with van der Waals surface area (Å²) in [6.45, 7) is 9.21. The molecule has 0 spiro atoms. The van der Waals surface area contributed by atoms with E-state index >= 15 is 0 Å². The Kier molecular flexibility index (Phi) is 6.60. The third-order valence-corrected chi connectivity index (χ3v) is 3.43. The number of rotatable bonds is 7. The van der Waals surface area contributed by atoms with Crippen LogP contribution in [0.2, 0.25) is 0 Å². The minimum atomic E-state index is -0.580. The third-order valence-electron chi connectivity index (χ3n) is 3.43. The van der Waals surface area contributed by atoms with Gasteiger partial charge in [-0.15, -0.1) is 0 Å². The molecule has 1 rings (SSSR count). The highest BCUT2D eigenvalue weighted by Gasteiger charge is 2.33. The third kappa shape index (κ3) is 4.55. The first-order chi connectivity index (χ1) is 8.62. The van der Waals surface area contributed by atoms with Gasteiger partial charge in [0.1, 0.15) is 5.54 Å². The fraction of sp³-hybridized carbons (Fsp3) is 0.923. The van der Waals surface area contributed by atoms with Crippen LogP contribution in [0, 0.1) is 0 Å². The van der Waals surface area contributed by atoms with Gasteiger partial charge >= 0.3 is 5.97 Å². The number of hydrogen-bond donors (Lipinski definition) is 1. The van der Waals surface area contributed by atoms with E-state index in [-0.39, 0.29) is 5.97 Å². The summed E-state index contributed by atoms with van der Waals surface area (Å²) in [6, 6.07) is 0. The minimum absolute atomic E-state index is 0.177. The van der Waals surface area contributed by atoms with E-state index < -0.39 is 5.54 Å². The number of morpholine rings is 1. The van der Waals surface area contributed by atoms with E-state index in [0.29, 0.717) is 0 Å². The van der Waals surface area contributed by atoms with Crippen molar-refractivity contribution in [1.29, 1.82) is 0 Å². The van der Waals surface area contributed by atoms with Gasteiger partial charge in [-0.05, 0) is 26.3 Å². The summed E-state index contributed by atoms with van der Waals surface area (Å²) in [6.07, 6.45) is 1.77. The molecule has 0 aromatic rings. The van der Waals surface area contributed by atoms with E-state index in [4.69, 9.17) is 9.47 Å². The number of ether oxygens (including phenoxy) is 2. The van der Waals surface area contributed by atoms with Crippen molar-refractivity contribution < 1.29 is 14.3 Å². The van der Waals surface area contributed by atoms with Gasteiger partial charge in [0.25, 0.3) is 0 Å². The molecule has 1 heterocycles. The molecule has 1 unspecified atom stereocenters. The second-order valence-electron chi connectivity index (χ2n) is 4.95. The second kappa shape index (κ2) is 7.71. The summed E-state index contributed by atoms with van der Waals surface area (Å²) in [5.41, 5.74) is -0.580. The Morgan fingerprint density at radius 1 is 1.44 bits per heavy atom. The van der Waals surface area contributed by atoms with E-state index in [1.54, 1.807) is 0 Å². The quantitative estimate of drug-likeness (QED) is 0.679. The zero-order valence-electron chi connectivity index (χ0n) is 11.8. The van der Waals surface area contributed by atoms with Crippen molar-refractivity contribution in [3.05, 3.63) is 0 Å². The van der Waals surface area contributed by atoms with Crippen molar-refractivity contribution in [2.24, 2.45) is 0 Å². The highest BCUT2D eigenvalue weighted by Crippen LogP contribution is 2.14. The first-order valence-electron chi connectivity index (χ1n) is 6.76. The van der Waals surface area contributed by atoms with Crippen LogP contribution in [-0.2, 0) is 14.3 Å². The lowest BCUT2D eigenvalue weighted by Gasteiger charge is -2.32. The van der Waals surface area contributed by atoms with Gasteiger partial charge in [0.05, 0.1) is 20.3 Å². The molecule has 106 valence electrons. The molecule has 1 aliphatic rings. The van der Waals surface area contributed by atoms with Crippen molar-refractivity contribution in [2.75, 3.05) is 46.5 Å². The molecular weight excluding hydrogens is 232 g/mol. The van der Waals surface area contributed by atoms with Gasteiger partial charge < -0.3 is 14.8 Å². The summed E-state index contributed by atoms with van der Waals surface area (Å²) in [4.78, 5) is 14.2. The van der Waals surface area contributed by atoms with Crippen molar-refractivity contribution in [1.82, 2.24) is 10.2 Å². The lowest BCUT2D eigenvalue weighted by Crippen LogP contribution is -2.52. The van der Waals surface area contributed by atoms with Crippen LogP contribution >= 0.6 is 0 Å². The lowest BCUT2D eigenvalue weighted by molar-refractivity contribution is -0.148. The van der Waals surface area contributed by atoms with Gasteiger partial charge in [-0.25, -0.2) is 0 Å². The predicted octanol–water partition coefficient (Wildman–Crippen LogP) is 0.640. The SMILES string of the molecule is CCCNC(C)(CCN1CCOCC1)C(=O)OC. The first kappa shape index (κ1) is 15.4. The summed E-state index contributed by atoms with van der Waals surface area (Å²) in [5, 5.41) is 3.30. The molecular formula is C13H26N2O3. The molecule has 1 aliphatic heterocycles. The minimum Gasteiger partial charge on any atom is -0.468 e. The van der Waals surface area contributed by atoms with Crippen LogP contribution < -0.4 is 5.32 Å². The van der Waals surface area contributed by atoms with Crippen LogP contribution in [0.25, 0.3) is 0 Å². The smallest absolute Gasteiger partial charge is 0.325 e. The second-order valence-corrected chi connectivity index (χ2v) is 4.95. The molecule has 0 saturated carbocycles. The van der Waals surface area contributed by atoms with Gasteiger partial charge in [-0.2, -0.15) is 0 Å². The Labute approximate surface area is 110 Å². The summed E-state index contributed by atoms with van der Waals surface area (Å²) >= 11 is 0. The highest BCUT2D eigenvalue weighted by molar-refractivity contribution is 5.80. The average Bonchev–Trinajstić information content (AvgIpc) is 2.43. The van der Waals surface area contributed by atoms with Crippen molar-refractivity contribution in [2.45, 2.75) is 32.2 Å². The Bertz CT molecular complexity index is 255. The molecule has 5 heteroatoms. The Balaban J connectivity index is 2.46. The van der Waals surface area contributed by atoms with E-state index in [1.165, 1.54) is 7.11 Å². The number of hydrogen-bond acceptors (Lipinski definition) is 5. The first-order valence-corrected chi connectivity index (χ1v) is 6.76. The van der Waals surface area contributed by atoms with Crippen molar-refractivity contribution in [3.63, 3.8) is 0 Å². The number of methoxy groups -OCH3 is 1. The van der Waals surface area contributed by atoms with Crippen LogP contribution in [0.5, 0.6) is 0 Å². The average molecular weight is 258 g/mol. The number of nitrogens with zero attached hydrogens (tertiary/aromatic N) is 1. The lowest BCUT2D eigenvalue weighted by atomic mass is 9.97. The van der Waals surface area contributed by atoms with Gasteiger partial charge in [0.2, 0.25) is 0 Å². The van der Waals surface area contributed by atoms with Crippen molar-refractivity contribution >= 4 is 5.97 Å². The maximum Gasteiger partial charge on any atom is 0.325 e. The van der Waals surface area contributed by atoms with Gasteiger partial charge in [-0.1, -0.05) is 6.92 Å². The Morgan fingerprint density at radius 3 is 2.67 bits per heavy atom. The number of carbonyl (C=O) groups excluding carboxylic acids is 1. The molecule has 1 N–H and O–H groups in total. The maximum absolute atomic E-state index is 11.9. The number of nitrogens with one attached hydrogen (secondary N) is 1. The number of esters is 1. The van der Waals surface area contributed by atoms with Crippen LogP contribution in [0.3, 0.4) is 0 Å². The monoisotopic (exact) mass is 258 g/mol. The largest absolute Gasteiger partial charge is 0.468 e. The van der Waals surface area contributed by atoms with E-state index in [9.17, 15) is 4.79 Å². The molecule has 0 aromatic heterocycles. The van der Waals surface area contributed by atoms with Gasteiger partial charge in [-0.3, -0.25) is 9.69 Å². The van der Waals surface area contributed by atoms with Crippen molar-refractivity contribution in [3.8, 4) is 0 Å². The molecule has 5 nitrogen and oxygen atoms in total. The topological polar surface area (TPSA) is 50.8 Å². The fourth-order valence-corrected chi connectivity index (χ4v) is 2.10. The van der Waals surface area contributed by atoms with Gasteiger partial charge in [0.15, 0.2) is 0 Å². The molecule has 0 aromatic carbocycles. The molecule has 0 amide bonds. The van der Waals surface area contributed by atoms with Crippen LogP contribution in [0.4, 0.5) is 0 Å². The summed E-state index contributed by atoms with van der Waals surface area (Å²) in [7, 11) is 1.45. The van der Waals surface area contributed by atoms with Crippen LogP contribution in [-0.4, -0.2) is 62.9 Å². The fourth-order valence-electron chi connectivity index (χ4n) is 2.10. The van der Waals surface area contributed by atoms with Crippen LogP contribution in [0.1, 0.15) is 26.7 Å². The molecule has 18 heavy (non-hydrogen) atoms. The molecule has 0 radical (unpaired) electrons. The van der Waals surface area contributed by atoms with Gasteiger partial charge in [0, 0.05) is 19.6 Å². The normalized spacial score (nSPS) is 20.4. The Hall–Kier alpha value is -0.650. The van der Waals surface area contributed by atoms with E-state index in [2.05, 4.69) is 17.1 Å². The zero-order valence-corrected chi connectivity index (χ0v) is 11.8. The predicted molar refractivity (Wildman–Crippen MR) is 70.6 cm³/mol. The molecule has 0 aliphatic carbocycles. The zero-order chi connectivity index (χ0) is 13.4. The molecule has 1 fully saturated rings. The molecule has 1 saturated heterocycles. The molecule has 0 bridgehead atoms. The van der Waals surface area contributed by atoms with E-state index in [1.807, 2.05) is 6.92 Å². The Morgan fingerprint density at radius 2 is 2.11 bits per heavy atom. The number of carbonyl (C=O) groups is 1. The molecule has 1 atom stereocenters. The summed E-state index contributed by atoms with van der Waals surface area (Å²) in [5.74, 6) is -0.177. The standard InChI is InChI=1S/C13H26N2O3/c1-4-6-14-13(2,12(16)17-3)5-7-15-8-10-18-11-9-15/h14H,4-11H2,1-3H3. The maximum atomic E-state index is 11.9. The summed E-state index contributed by atoms with van der Waals surface area (Å²) < 4.78 is 10.2. The van der Waals surface area contributed by atoms with Crippen LogP contribution in [0.15, 0.2) is 0 Å². The van der Waals surface area contributed by atoms with E-state index in [0.717, 1.165) is 52.2 Å².